The van der Waals surface area contributed by atoms with Gasteiger partial charge in [-0.15, -0.1) is 0 Å². The van der Waals surface area contributed by atoms with E-state index in [-0.39, 0.29) is 5.56 Å². The van der Waals surface area contributed by atoms with Gasteiger partial charge in [-0.3, -0.25) is 4.79 Å². The molecular weight excluding hydrogens is 204 g/mol. The highest BCUT2D eigenvalue weighted by atomic mass is 19.3. The second-order valence-corrected chi connectivity index (χ2v) is 3.22. The smallest absolute Gasteiger partial charge is 0.320 e. The van der Waals surface area contributed by atoms with Crippen LogP contribution >= 0.6 is 0 Å². The quantitative estimate of drug-likeness (QED) is 0.801. The number of rotatable bonds is 4. The van der Waals surface area contributed by atoms with Crippen molar-refractivity contribution in [2.75, 3.05) is 0 Å². The van der Waals surface area contributed by atoms with Gasteiger partial charge in [-0.05, 0) is 0 Å². The lowest BCUT2D eigenvalue weighted by molar-refractivity contribution is -0.141. The Bertz CT molecular complexity index is 341. The van der Waals surface area contributed by atoms with Gasteiger partial charge in [0.2, 0.25) is 0 Å². The van der Waals surface area contributed by atoms with Gasteiger partial charge in [0.1, 0.15) is 6.04 Å². The number of halogens is 2. The lowest BCUT2D eigenvalue weighted by atomic mass is 10.0. The van der Waals surface area contributed by atoms with E-state index in [9.17, 15) is 13.6 Å². The van der Waals surface area contributed by atoms with E-state index in [0.29, 0.717) is 0 Å². The van der Waals surface area contributed by atoms with E-state index in [2.05, 4.69) is 0 Å². The second-order valence-electron chi connectivity index (χ2n) is 3.22. The monoisotopic (exact) mass is 215 g/mol. The Morgan fingerprint density at radius 2 is 1.93 bits per heavy atom. The first-order valence-corrected chi connectivity index (χ1v) is 4.35. The minimum Gasteiger partial charge on any atom is -0.480 e. The molecule has 3 N–H and O–H groups in total. The average molecular weight is 215 g/mol. The number of aliphatic carboxylic acids is 1. The summed E-state index contributed by atoms with van der Waals surface area (Å²) in [4.78, 5) is 10.3. The van der Waals surface area contributed by atoms with E-state index >= 15 is 0 Å². The molecule has 0 spiro atoms. The van der Waals surface area contributed by atoms with Crippen molar-refractivity contribution in [3.8, 4) is 0 Å². The van der Waals surface area contributed by atoms with Gasteiger partial charge in [-0.1, -0.05) is 30.3 Å². The topological polar surface area (TPSA) is 63.3 Å². The highest BCUT2D eigenvalue weighted by Gasteiger charge is 2.35. The zero-order valence-corrected chi connectivity index (χ0v) is 7.86. The molecule has 0 aliphatic heterocycles. The third-order valence-electron chi connectivity index (χ3n) is 1.99. The Kier molecular flexibility index (Phi) is 3.36. The molecule has 1 atom stereocenters. The first-order chi connectivity index (χ1) is 6.93. The number of benzene rings is 1. The zero-order chi connectivity index (χ0) is 11.5. The maximum atomic E-state index is 13.4. The van der Waals surface area contributed by atoms with Crippen molar-refractivity contribution in [1.29, 1.82) is 0 Å². The third-order valence-corrected chi connectivity index (χ3v) is 1.99. The second kappa shape index (κ2) is 4.35. The summed E-state index contributed by atoms with van der Waals surface area (Å²) < 4.78 is 26.8. The van der Waals surface area contributed by atoms with Crippen molar-refractivity contribution < 1.29 is 18.7 Å². The Balaban J connectivity index is 2.80. The van der Waals surface area contributed by atoms with E-state index in [0.717, 1.165) is 0 Å². The van der Waals surface area contributed by atoms with Crippen molar-refractivity contribution in [2.24, 2.45) is 5.73 Å². The van der Waals surface area contributed by atoms with Crippen LogP contribution in [0.1, 0.15) is 12.0 Å². The Hall–Kier alpha value is -1.49. The molecule has 1 rings (SSSR count). The van der Waals surface area contributed by atoms with Crippen molar-refractivity contribution in [2.45, 2.75) is 18.4 Å². The molecule has 0 amide bonds. The van der Waals surface area contributed by atoms with Gasteiger partial charge in [0.15, 0.2) is 0 Å². The molecule has 0 saturated carbocycles. The Morgan fingerprint density at radius 3 is 2.40 bits per heavy atom. The zero-order valence-electron chi connectivity index (χ0n) is 7.86. The van der Waals surface area contributed by atoms with Gasteiger partial charge in [-0.25, -0.2) is 8.78 Å². The fourth-order valence-corrected chi connectivity index (χ4v) is 1.16. The highest BCUT2D eigenvalue weighted by molar-refractivity contribution is 5.73. The molecule has 0 aliphatic rings. The summed E-state index contributed by atoms with van der Waals surface area (Å²) in [6.07, 6.45) is -0.896. The molecule has 0 aliphatic carbocycles. The van der Waals surface area contributed by atoms with Crippen molar-refractivity contribution in [3.63, 3.8) is 0 Å². The number of carboxylic acids is 1. The van der Waals surface area contributed by atoms with Gasteiger partial charge in [0.25, 0.3) is 5.92 Å². The van der Waals surface area contributed by atoms with Crippen LogP contribution in [0.3, 0.4) is 0 Å². The molecule has 15 heavy (non-hydrogen) atoms. The van der Waals surface area contributed by atoms with E-state index in [1.165, 1.54) is 24.3 Å². The van der Waals surface area contributed by atoms with Gasteiger partial charge in [0, 0.05) is 12.0 Å². The molecule has 82 valence electrons. The maximum absolute atomic E-state index is 13.4. The van der Waals surface area contributed by atoms with Gasteiger partial charge in [-0.2, -0.15) is 0 Å². The molecule has 3 nitrogen and oxygen atoms in total. The number of hydrogen-bond donors (Lipinski definition) is 2. The summed E-state index contributed by atoms with van der Waals surface area (Å²) in [5.41, 5.74) is 4.84. The third kappa shape index (κ3) is 2.99. The summed E-state index contributed by atoms with van der Waals surface area (Å²) in [6, 6.07) is 5.48. The predicted octanol–water partition coefficient (Wildman–Crippen LogP) is 1.58. The molecule has 1 aromatic carbocycles. The van der Waals surface area contributed by atoms with Gasteiger partial charge < -0.3 is 10.8 Å². The molecule has 0 aromatic heterocycles. The fraction of sp³-hybridized carbons (Fsp3) is 0.300. The summed E-state index contributed by atoms with van der Waals surface area (Å²) in [6.45, 7) is 0. The Labute approximate surface area is 85.5 Å². The molecular formula is C10H11F2NO2. The number of carbonyl (C=O) groups is 1. The number of hydrogen-bond acceptors (Lipinski definition) is 2. The van der Waals surface area contributed by atoms with Gasteiger partial charge >= 0.3 is 5.97 Å². The van der Waals surface area contributed by atoms with Crippen LogP contribution < -0.4 is 5.73 Å². The normalized spacial score (nSPS) is 13.5. The summed E-state index contributed by atoms with van der Waals surface area (Å²) in [7, 11) is 0. The van der Waals surface area contributed by atoms with Crippen LogP contribution in [0.25, 0.3) is 0 Å². The minimum atomic E-state index is -3.21. The molecule has 5 heteroatoms. The molecule has 0 saturated heterocycles. The molecule has 0 radical (unpaired) electrons. The van der Waals surface area contributed by atoms with E-state index < -0.39 is 24.4 Å². The first-order valence-electron chi connectivity index (χ1n) is 4.35. The molecule has 0 heterocycles. The largest absolute Gasteiger partial charge is 0.480 e. The molecule has 1 aromatic rings. The predicted molar refractivity (Wildman–Crippen MR) is 50.6 cm³/mol. The first kappa shape index (κ1) is 11.6. The van der Waals surface area contributed by atoms with Crippen LogP contribution in [0.2, 0.25) is 0 Å². The van der Waals surface area contributed by atoms with Crippen LogP contribution in [0.15, 0.2) is 30.3 Å². The summed E-state index contributed by atoms with van der Waals surface area (Å²) in [5, 5.41) is 8.43. The van der Waals surface area contributed by atoms with Crippen LogP contribution in [-0.4, -0.2) is 17.1 Å². The lowest BCUT2D eigenvalue weighted by Crippen LogP contribution is -2.35. The van der Waals surface area contributed by atoms with Gasteiger partial charge in [0.05, 0.1) is 0 Å². The van der Waals surface area contributed by atoms with Crippen LogP contribution in [0.5, 0.6) is 0 Å². The van der Waals surface area contributed by atoms with E-state index in [1.807, 2.05) is 0 Å². The van der Waals surface area contributed by atoms with E-state index in [4.69, 9.17) is 10.8 Å². The number of nitrogens with two attached hydrogens (primary N) is 1. The van der Waals surface area contributed by atoms with Crippen molar-refractivity contribution in [1.82, 2.24) is 0 Å². The minimum absolute atomic E-state index is 0.221. The SMILES string of the molecule is N[C@@H](CC(F)(F)c1ccccc1)C(=O)O. The van der Waals surface area contributed by atoms with Crippen molar-refractivity contribution in [3.05, 3.63) is 35.9 Å². The van der Waals surface area contributed by atoms with Crippen LogP contribution in [0, 0.1) is 0 Å². The van der Waals surface area contributed by atoms with Crippen LogP contribution in [-0.2, 0) is 10.7 Å². The molecule has 0 unspecified atom stereocenters. The average Bonchev–Trinajstić information content (AvgIpc) is 2.18. The fourth-order valence-electron chi connectivity index (χ4n) is 1.16. The molecule has 0 bridgehead atoms. The Morgan fingerprint density at radius 1 is 1.40 bits per heavy atom. The van der Waals surface area contributed by atoms with Crippen LogP contribution in [0.4, 0.5) is 8.78 Å². The summed E-state index contributed by atoms with van der Waals surface area (Å²) in [5.74, 6) is -4.63. The van der Waals surface area contributed by atoms with E-state index in [1.54, 1.807) is 6.07 Å². The maximum Gasteiger partial charge on any atom is 0.320 e. The standard InChI is InChI=1S/C10H11F2NO2/c11-10(12,6-8(13)9(14)15)7-4-2-1-3-5-7/h1-5,8H,6,13H2,(H,14,15)/t8-/m0/s1. The number of alkyl halides is 2. The van der Waals surface area contributed by atoms with Crippen molar-refractivity contribution >= 4 is 5.97 Å². The summed E-state index contributed by atoms with van der Waals surface area (Å²) >= 11 is 0. The lowest BCUT2D eigenvalue weighted by Gasteiger charge is -2.18. The number of carboxylic acid groups (broad SMARTS) is 1. The highest BCUT2D eigenvalue weighted by Crippen LogP contribution is 2.32. The molecule has 0 fully saturated rings.